The lowest BCUT2D eigenvalue weighted by molar-refractivity contribution is -0.143. The van der Waals surface area contributed by atoms with E-state index in [1.54, 1.807) is 13.0 Å². The van der Waals surface area contributed by atoms with Crippen LogP contribution in [-0.2, 0) is 42.4 Å². The second kappa shape index (κ2) is 14.4. The molecule has 1 aromatic rings. The third-order valence-corrected chi connectivity index (χ3v) is 10.1. The predicted molar refractivity (Wildman–Crippen MR) is 164 cm³/mol. The van der Waals surface area contributed by atoms with Crippen LogP contribution in [-0.4, -0.2) is 84.4 Å². The van der Waals surface area contributed by atoms with Gasteiger partial charge in [-0.25, -0.2) is 19.8 Å². The monoisotopic (exact) mass is 671 g/mol. The molecular weight excluding hydrogens is 625 g/mol. The van der Waals surface area contributed by atoms with E-state index in [1.807, 2.05) is 27.7 Å². The molecule has 3 N–H and O–H groups in total. The molecule has 4 rings (SSSR count). The number of carbonyl (C=O) groups is 3. The van der Waals surface area contributed by atoms with E-state index in [9.17, 15) is 23.7 Å². The Labute approximate surface area is 268 Å². The van der Waals surface area contributed by atoms with E-state index in [0.29, 0.717) is 11.9 Å². The van der Waals surface area contributed by atoms with Crippen molar-refractivity contribution in [1.29, 1.82) is 0 Å². The van der Waals surface area contributed by atoms with Crippen LogP contribution < -0.4 is 21.2 Å². The minimum Gasteiger partial charge on any atom is -0.468 e. The van der Waals surface area contributed by atoms with Crippen LogP contribution in [0, 0.1) is 11.8 Å². The van der Waals surface area contributed by atoms with Gasteiger partial charge in [-0.3, -0.25) is 18.7 Å². The molecule has 2 saturated heterocycles. The molecule has 0 aromatic carbocycles. The SMILES string of the molecule is COC(=O)C(CC(C)C)NP(=O)(NC(CC(C)C)C(=O)OC)OCCC12CO[C@@H](n3ccc(NC4CC4)nc3=O)C1(C)OC(=O)O2. The Hall–Kier alpha value is -3.04. The quantitative estimate of drug-likeness (QED) is 0.124. The van der Waals surface area contributed by atoms with Gasteiger partial charge in [-0.2, -0.15) is 4.98 Å². The molecule has 3 fully saturated rings. The number of fused-ring (bicyclic) bond motifs is 1. The zero-order chi connectivity index (χ0) is 33.9. The minimum atomic E-state index is -4.20. The number of rotatable bonds is 17. The molecule has 1 aromatic heterocycles. The van der Waals surface area contributed by atoms with Crippen LogP contribution in [0.3, 0.4) is 0 Å². The van der Waals surface area contributed by atoms with Gasteiger partial charge in [0.25, 0.3) is 0 Å². The molecule has 4 unspecified atom stereocenters. The van der Waals surface area contributed by atoms with E-state index >= 15 is 0 Å². The van der Waals surface area contributed by atoms with Crippen molar-refractivity contribution in [3.63, 3.8) is 0 Å². The molecule has 0 amide bonds. The predicted octanol–water partition coefficient (Wildman–Crippen LogP) is 2.88. The molecule has 2 aliphatic heterocycles. The van der Waals surface area contributed by atoms with Crippen LogP contribution in [0.25, 0.3) is 0 Å². The maximum absolute atomic E-state index is 14.4. The van der Waals surface area contributed by atoms with Gasteiger partial charge < -0.3 is 33.5 Å². The van der Waals surface area contributed by atoms with Gasteiger partial charge in [0.05, 0.1) is 27.4 Å². The van der Waals surface area contributed by atoms with Gasteiger partial charge >= 0.3 is 31.5 Å². The van der Waals surface area contributed by atoms with Gasteiger partial charge in [0, 0.05) is 18.7 Å². The first-order valence-electron chi connectivity index (χ1n) is 15.5. The topological polar surface area (TPSA) is 195 Å². The Kier molecular flexibility index (Phi) is 11.2. The Morgan fingerprint density at radius 2 is 1.63 bits per heavy atom. The summed E-state index contributed by atoms with van der Waals surface area (Å²) in [6.07, 6.45) is 1.92. The largest absolute Gasteiger partial charge is 0.509 e. The van der Waals surface area contributed by atoms with Crippen LogP contribution in [0.15, 0.2) is 17.1 Å². The second-order valence-electron chi connectivity index (χ2n) is 12.9. The van der Waals surface area contributed by atoms with Crippen molar-refractivity contribution in [3.8, 4) is 0 Å². The first-order valence-corrected chi connectivity index (χ1v) is 17.1. The third-order valence-electron chi connectivity index (χ3n) is 8.25. The van der Waals surface area contributed by atoms with Crippen molar-refractivity contribution in [2.24, 2.45) is 11.8 Å². The fourth-order valence-corrected chi connectivity index (χ4v) is 7.50. The van der Waals surface area contributed by atoms with Crippen molar-refractivity contribution < 1.29 is 47.2 Å². The standard InChI is InChI=1S/C29H46N5O11P/c1-17(2)14-20(23(35)40-6)32-46(39,33-21(15-18(3)4)24(36)41-7)43-13-11-29-16-42-25(28(29,5)44-27(38)45-29)34-12-10-22(31-26(34)37)30-19-8-9-19/h10,12,17-21,25H,8-9,11,13-16H2,1-7H3,(H,30,31,37)(H2,32,33,39)/t20?,21?,25-,28?,29?,46?/m1/s1. The first-order chi connectivity index (χ1) is 21.6. The molecule has 5 atom stereocenters. The Morgan fingerprint density at radius 1 is 1.04 bits per heavy atom. The van der Waals surface area contributed by atoms with Gasteiger partial charge in [0.15, 0.2) is 17.4 Å². The van der Waals surface area contributed by atoms with Gasteiger partial charge in [-0.05, 0) is 50.5 Å². The van der Waals surface area contributed by atoms with Crippen LogP contribution >= 0.6 is 7.67 Å². The number of hydrogen-bond donors (Lipinski definition) is 3. The van der Waals surface area contributed by atoms with E-state index in [-0.39, 0.29) is 44.3 Å². The van der Waals surface area contributed by atoms with Crippen molar-refractivity contribution in [1.82, 2.24) is 19.7 Å². The Balaban J connectivity index is 1.56. The number of hydrogen-bond acceptors (Lipinski definition) is 13. The van der Waals surface area contributed by atoms with E-state index < -0.39 is 61.0 Å². The number of ether oxygens (including phenoxy) is 5. The molecule has 0 radical (unpaired) electrons. The molecule has 0 bridgehead atoms. The summed E-state index contributed by atoms with van der Waals surface area (Å²) < 4.78 is 48.7. The van der Waals surface area contributed by atoms with Gasteiger partial charge in [-0.15, -0.1) is 0 Å². The number of nitrogens with zero attached hydrogens (tertiary/aromatic N) is 2. The van der Waals surface area contributed by atoms with Gasteiger partial charge in [0.2, 0.25) is 0 Å². The highest BCUT2D eigenvalue weighted by Crippen LogP contribution is 2.52. The number of methoxy groups -OCH3 is 2. The normalized spacial score (nSPS) is 26.5. The highest BCUT2D eigenvalue weighted by Gasteiger charge is 2.70. The highest BCUT2D eigenvalue weighted by atomic mass is 31.2. The van der Waals surface area contributed by atoms with Crippen LogP contribution in [0.4, 0.5) is 10.6 Å². The maximum atomic E-state index is 14.4. The average Bonchev–Trinajstić information content (AvgIpc) is 3.69. The van der Waals surface area contributed by atoms with E-state index in [0.717, 1.165) is 12.8 Å². The van der Waals surface area contributed by atoms with E-state index in [4.69, 9.17) is 28.2 Å². The fourth-order valence-electron chi connectivity index (χ4n) is 5.69. The summed E-state index contributed by atoms with van der Waals surface area (Å²) in [6, 6.07) is -0.133. The smallest absolute Gasteiger partial charge is 0.468 e. The van der Waals surface area contributed by atoms with E-state index in [1.165, 1.54) is 25.0 Å². The van der Waals surface area contributed by atoms with Gasteiger partial charge in [0.1, 0.15) is 17.9 Å². The van der Waals surface area contributed by atoms with Crippen molar-refractivity contribution in [3.05, 3.63) is 22.7 Å². The van der Waals surface area contributed by atoms with Crippen molar-refractivity contribution in [2.75, 3.05) is 32.8 Å². The third kappa shape index (κ3) is 8.08. The number of nitrogens with one attached hydrogen (secondary N) is 3. The lowest BCUT2D eigenvalue weighted by Crippen LogP contribution is -2.52. The number of carbonyl (C=O) groups excluding carboxylic acids is 3. The maximum Gasteiger partial charge on any atom is 0.509 e. The lowest BCUT2D eigenvalue weighted by Gasteiger charge is -2.34. The summed E-state index contributed by atoms with van der Waals surface area (Å²) in [6.45, 7) is 8.65. The molecular formula is C29H46N5O11P. The van der Waals surface area contributed by atoms with E-state index in [2.05, 4.69) is 20.5 Å². The highest BCUT2D eigenvalue weighted by molar-refractivity contribution is 7.54. The zero-order valence-electron chi connectivity index (χ0n) is 27.4. The summed E-state index contributed by atoms with van der Waals surface area (Å²) in [5.41, 5.74) is -3.54. The minimum absolute atomic E-state index is 0.00999. The average molecular weight is 672 g/mol. The number of aromatic nitrogens is 2. The van der Waals surface area contributed by atoms with Gasteiger partial charge in [-0.1, -0.05) is 27.7 Å². The lowest BCUT2D eigenvalue weighted by atomic mass is 9.83. The molecule has 3 heterocycles. The van der Waals surface area contributed by atoms with Crippen LogP contribution in [0.2, 0.25) is 0 Å². The molecule has 0 spiro atoms. The summed E-state index contributed by atoms with van der Waals surface area (Å²) in [5, 5.41) is 8.71. The number of esters is 2. The molecule has 46 heavy (non-hydrogen) atoms. The van der Waals surface area contributed by atoms with Crippen LogP contribution in [0.5, 0.6) is 0 Å². The molecule has 1 aliphatic carbocycles. The summed E-state index contributed by atoms with van der Waals surface area (Å²) in [4.78, 5) is 55.0. The molecule has 16 nitrogen and oxygen atoms in total. The first kappa shape index (κ1) is 35.8. The summed E-state index contributed by atoms with van der Waals surface area (Å²) >= 11 is 0. The molecule has 17 heteroatoms. The Morgan fingerprint density at radius 3 is 2.13 bits per heavy atom. The fraction of sp³-hybridized carbons (Fsp3) is 0.759. The molecule has 258 valence electrons. The van der Waals surface area contributed by atoms with Crippen molar-refractivity contribution in [2.45, 2.75) is 102 Å². The zero-order valence-corrected chi connectivity index (χ0v) is 28.3. The second-order valence-corrected chi connectivity index (χ2v) is 14.8. The molecule has 3 aliphatic rings. The summed E-state index contributed by atoms with van der Waals surface area (Å²) in [5.74, 6) is -0.864. The van der Waals surface area contributed by atoms with Crippen LogP contribution in [0.1, 0.15) is 73.0 Å². The number of anilines is 1. The Bertz CT molecular complexity index is 1350. The van der Waals surface area contributed by atoms with Crippen molar-refractivity contribution >= 4 is 31.6 Å². The molecule has 1 saturated carbocycles. The summed E-state index contributed by atoms with van der Waals surface area (Å²) in [7, 11) is -1.77.